The molecule has 1 saturated heterocycles. The smallest absolute Gasteiger partial charge is 0.268 e. The Morgan fingerprint density at radius 1 is 1.56 bits per heavy atom. The Hall–Kier alpha value is -1.00. The van der Waals surface area contributed by atoms with Crippen LogP contribution in [0.5, 0.6) is 0 Å². The molecular weight excluding hydrogens is 226 g/mol. The Kier molecular flexibility index (Phi) is 4.38. The molecule has 1 aliphatic heterocycles. The van der Waals surface area contributed by atoms with Crippen molar-refractivity contribution in [1.29, 1.82) is 0 Å². The number of aromatic nitrogens is 1. The second kappa shape index (κ2) is 5.37. The molecule has 16 heavy (non-hydrogen) atoms. The molecule has 0 aliphatic carbocycles. The molecule has 5 heteroatoms. The minimum absolute atomic E-state index is 0. The zero-order valence-corrected chi connectivity index (χ0v) is 10.4. The Balaban J connectivity index is 0.00000128. The van der Waals surface area contributed by atoms with Crippen LogP contribution < -0.4 is 10.6 Å². The maximum absolute atomic E-state index is 11.9. The lowest BCUT2D eigenvalue weighted by Crippen LogP contribution is -2.37. The van der Waals surface area contributed by atoms with E-state index < -0.39 is 0 Å². The lowest BCUT2D eigenvalue weighted by Gasteiger charge is -2.12. The number of hydrogen-bond donors (Lipinski definition) is 2. The Labute approximate surface area is 102 Å². The summed E-state index contributed by atoms with van der Waals surface area (Å²) in [7, 11) is 1.91. The van der Waals surface area contributed by atoms with Crippen molar-refractivity contribution in [3.05, 3.63) is 23.5 Å². The van der Waals surface area contributed by atoms with E-state index in [1.54, 1.807) is 0 Å². The third-order valence-corrected chi connectivity index (χ3v) is 3.00. The van der Waals surface area contributed by atoms with Crippen molar-refractivity contribution in [2.45, 2.75) is 19.4 Å². The predicted octanol–water partition coefficient (Wildman–Crippen LogP) is 0.847. The quantitative estimate of drug-likeness (QED) is 0.809. The Morgan fingerprint density at radius 2 is 2.31 bits per heavy atom. The summed E-state index contributed by atoms with van der Waals surface area (Å²) in [6, 6.07) is 4.11. The van der Waals surface area contributed by atoms with E-state index >= 15 is 0 Å². The second-order valence-corrected chi connectivity index (χ2v) is 4.08. The number of nitrogens with one attached hydrogen (secondary N) is 2. The molecule has 2 N–H and O–H groups in total. The molecule has 2 rings (SSSR count). The van der Waals surface area contributed by atoms with Crippen LogP contribution in [-0.4, -0.2) is 29.6 Å². The van der Waals surface area contributed by atoms with Gasteiger partial charge in [0.2, 0.25) is 0 Å². The van der Waals surface area contributed by atoms with Crippen LogP contribution >= 0.6 is 12.4 Å². The minimum atomic E-state index is 0. The number of carbonyl (C=O) groups excluding carboxylic acids is 1. The van der Waals surface area contributed by atoms with Gasteiger partial charge in [-0.05, 0) is 32.0 Å². The topological polar surface area (TPSA) is 46.1 Å². The molecule has 1 aliphatic rings. The van der Waals surface area contributed by atoms with Gasteiger partial charge in [0.15, 0.2) is 0 Å². The van der Waals surface area contributed by atoms with Crippen LogP contribution in [0.2, 0.25) is 0 Å². The number of halogens is 1. The average molecular weight is 244 g/mol. The molecular formula is C11H18ClN3O. The van der Waals surface area contributed by atoms with Gasteiger partial charge in [-0.3, -0.25) is 4.79 Å². The monoisotopic (exact) mass is 243 g/mol. The molecule has 0 radical (unpaired) electrons. The van der Waals surface area contributed by atoms with Gasteiger partial charge in [-0.2, -0.15) is 0 Å². The van der Waals surface area contributed by atoms with Gasteiger partial charge in [0.25, 0.3) is 5.91 Å². The van der Waals surface area contributed by atoms with Crippen molar-refractivity contribution >= 4 is 18.3 Å². The largest absolute Gasteiger partial charge is 0.347 e. The van der Waals surface area contributed by atoms with Crippen molar-refractivity contribution in [3.63, 3.8) is 0 Å². The summed E-state index contributed by atoms with van der Waals surface area (Å²) in [5, 5.41) is 6.25. The highest BCUT2D eigenvalue weighted by molar-refractivity contribution is 5.93. The first-order valence-electron chi connectivity index (χ1n) is 5.32. The van der Waals surface area contributed by atoms with Gasteiger partial charge in [-0.1, -0.05) is 0 Å². The number of amides is 1. The molecule has 1 atom stereocenters. The number of carbonyl (C=O) groups is 1. The van der Waals surface area contributed by atoms with Gasteiger partial charge in [0, 0.05) is 25.3 Å². The predicted molar refractivity (Wildman–Crippen MR) is 66.1 cm³/mol. The molecule has 1 unspecified atom stereocenters. The molecule has 0 saturated carbocycles. The molecule has 1 aromatic heterocycles. The van der Waals surface area contributed by atoms with E-state index in [2.05, 4.69) is 10.6 Å². The normalized spacial score (nSPS) is 19.2. The van der Waals surface area contributed by atoms with Gasteiger partial charge in [-0.15, -0.1) is 12.4 Å². The molecule has 4 nitrogen and oxygen atoms in total. The molecule has 2 heterocycles. The fourth-order valence-corrected chi connectivity index (χ4v) is 1.88. The average Bonchev–Trinajstić information content (AvgIpc) is 2.79. The Bertz CT molecular complexity index is 369. The molecule has 0 bridgehead atoms. The number of hydrogen-bond acceptors (Lipinski definition) is 2. The van der Waals surface area contributed by atoms with Crippen LogP contribution in [0, 0.1) is 6.92 Å². The second-order valence-electron chi connectivity index (χ2n) is 4.08. The standard InChI is InChI=1S/C11H17N3O.ClH/c1-8-3-4-10(14(8)2)11(15)13-9-5-6-12-7-9;/h3-4,9,12H,5-7H2,1-2H3,(H,13,15);1H. The zero-order valence-electron chi connectivity index (χ0n) is 9.62. The first kappa shape index (κ1) is 13.1. The fraction of sp³-hybridized carbons (Fsp3) is 0.545. The fourth-order valence-electron chi connectivity index (χ4n) is 1.88. The van der Waals surface area contributed by atoms with Crippen LogP contribution in [-0.2, 0) is 7.05 Å². The SMILES string of the molecule is Cc1ccc(C(=O)NC2CCNC2)n1C.Cl. The van der Waals surface area contributed by atoms with Crippen molar-refractivity contribution in [2.24, 2.45) is 7.05 Å². The molecule has 1 fully saturated rings. The van der Waals surface area contributed by atoms with Crippen molar-refractivity contribution in [2.75, 3.05) is 13.1 Å². The summed E-state index contributed by atoms with van der Waals surface area (Å²) in [6.07, 6.45) is 1.02. The maximum atomic E-state index is 11.9. The highest BCUT2D eigenvalue weighted by Gasteiger charge is 2.18. The van der Waals surface area contributed by atoms with Gasteiger partial charge < -0.3 is 15.2 Å². The van der Waals surface area contributed by atoms with Crippen LogP contribution in [0.4, 0.5) is 0 Å². The third-order valence-electron chi connectivity index (χ3n) is 3.00. The number of aryl methyl sites for hydroxylation is 1. The lowest BCUT2D eigenvalue weighted by atomic mass is 10.2. The van der Waals surface area contributed by atoms with Gasteiger partial charge in [0.1, 0.15) is 5.69 Å². The van der Waals surface area contributed by atoms with Gasteiger partial charge in [-0.25, -0.2) is 0 Å². The Morgan fingerprint density at radius 3 is 2.81 bits per heavy atom. The van der Waals surface area contributed by atoms with E-state index in [1.165, 1.54) is 0 Å². The van der Waals surface area contributed by atoms with E-state index in [0.717, 1.165) is 30.9 Å². The molecule has 90 valence electrons. The highest BCUT2D eigenvalue weighted by Crippen LogP contribution is 2.07. The first-order chi connectivity index (χ1) is 7.18. The molecule has 1 amide bonds. The van der Waals surface area contributed by atoms with E-state index in [-0.39, 0.29) is 24.4 Å². The van der Waals surface area contributed by atoms with E-state index in [4.69, 9.17) is 0 Å². The lowest BCUT2D eigenvalue weighted by molar-refractivity contribution is 0.0931. The summed E-state index contributed by atoms with van der Waals surface area (Å²) in [4.78, 5) is 11.9. The van der Waals surface area contributed by atoms with Crippen molar-refractivity contribution < 1.29 is 4.79 Å². The van der Waals surface area contributed by atoms with E-state index in [0.29, 0.717) is 0 Å². The third kappa shape index (κ3) is 2.57. The van der Waals surface area contributed by atoms with Crippen LogP contribution in [0.1, 0.15) is 22.6 Å². The zero-order chi connectivity index (χ0) is 10.8. The number of nitrogens with zero attached hydrogens (tertiary/aromatic N) is 1. The number of rotatable bonds is 2. The van der Waals surface area contributed by atoms with Gasteiger partial charge in [0.05, 0.1) is 0 Å². The van der Waals surface area contributed by atoms with E-state index in [9.17, 15) is 4.79 Å². The van der Waals surface area contributed by atoms with Crippen LogP contribution in [0.3, 0.4) is 0 Å². The summed E-state index contributed by atoms with van der Waals surface area (Å²) >= 11 is 0. The summed E-state index contributed by atoms with van der Waals surface area (Å²) in [6.45, 7) is 3.88. The minimum Gasteiger partial charge on any atom is -0.347 e. The highest BCUT2D eigenvalue weighted by atomic mass is 35.5. The van der Waals surface area contributed by atoms with Crippen molar-refractivity contribution in [3.8, 4) is 0 Å². The molecule has 1 aromatic rings. The first-order valence-corrected chi connectivity index (χ1v) is 5.32. The van der Waals surface area contributed by atoms with Gasteiger partial charge >= 0.3 is 0 Å². The van der Waals surface area contributed by atoms with Crippen LogP contribution in [0.15, 0.2) is 12.1 Å². The molecule has 0 aromatic carbocycles. The molecule has 0 spiro atoms. The summed E-state index contributed by atoms with van der Waals surface area (Å²) in [5.74, 6) is 0.0271. The summed E-state index contributed by atoms with van der Waals surface area (Å²) in [5.41, 5.74) is 1.84. The van der Waals surface area contributed by atoms with Crippen molar-refractivity contribution in [1.82, 2.24) is 15.2 Å². The maximum Gasteiger partial charge on any atom is 0.268 e. The van der Waals surface area contributed by atoms with E-state index in [1.807, 2.05) is 30.7 Å². The van der Waals surface area contributed by atoms with Crippen LogP contribution in [0.25, 0.3) is 0 Å². The summed E-state index contributed by atoms with van der Waals surface area (Å²) < 4.78 is 1.91.